The number of nitrogens with zero attached hydrogens (tertiary/aromatic N) is 2. The molecule has 31 heavy (non-hydrogen) atoms. The van der Waals surface area contributed by atoms with Gasteiger partial charge in [-0.2, -0.15) is 0 Å². The number of ether oxygens (including phenoxy) is 3. The lowest BCUT2D eigenvalue weighted by Crippen LogP contribution is -2.40. The Labute approximate surface area is 177 Å². The van der Waals surface area contributed by atoms with Crippen molar-refractivity contribution in [3.8, 4) is 11.5 Å². The number of likely N-dealkylation sites (tertiary alicyclic amines) is 1. The Hall–Kier alpha value is -2.81. The van der Waals surface area contributed by atoms with E-state index in [1.54, 1.807) is 12.1 Å². The van der Waals surface area contributed by atoms with Crippen molar-refractivity contribution in [3.05, 3.63) is 53.9 Å². The number of aromatic nitrogens is 1. The molecule has 2 aliphatic rings. The van der Waals surface area contributed by atoms with Gasteiger partial charge in [-0.05, 0) is 49.1 Å². The van der Waals surface area contributed by atoms with Gasteiger partial charge in [0.2, 0.25) is 0 Å². The van der Waals surface area contributed by atoms with E-state index in [0.29, 0.717) is 24.6 Å². The second-order valence-electron chi connectivity index (χ2n) is 7.78. The summed E-state index contributed by atoms with van der Waals surface area (Å²) >= 11 is 0. The number of alkyl halides is 3. The molecule has 166 valence electrons. The van der Waals surface area contributed by atoms with Crippen LogP contribution in [0.4, 0.5) is 13.2 Å². The molecular formula is C22H23F3N2O4. The van der Waals surface area contributed by atoms with Crippen molar-refractivity contribution < 1.29 is 32.2 Å². The van der Waals surface area contributed by atoms with Gasteiger partial charge in [-0.3, -0.25) is 14.5 Å². The minimum Gasteiger partial charge on any atom is -0.493 e. The lowest BCUT2D eigenvalue weighted by atomic mass is 9.90. The Bertz CT molecular complexity index is 938. The molecule has 0 bridgehead atoms. The first-order valence-corrected chi connectivity index (χ1v) is 10.0. The summed E-state index contributed by atoms with van der Waals surface area (Å²) in [7, 11) is 1.41. The summed E-state index contributed by atoms with van der Waals surface area (Å²) < 4.78 is 50.4. The van der Waals surface area contributed by atoms with Crippen LogP contribution >= 0.6 is 0 Å². The zero-order valence-electron chi connectivity index (χ0n) is 17.0. The highest BCUT2D eigenvalue weighted by molar-refractivity contribution is 5.95. The molecule has 1 aromatic heterocycles. The van der Waals surface area contributed by atoms with Gasteiger partial charge in [0.05, 0.1) is 13.7 Å². The van der Waals surface area contributed by atoms with Gasteiger partial charge in [0.1, 0.15) is 6.61 Å². The maximum absolute atomic E-state index is 13.0. The molecule has 1 saturated heterocycles. The van der Waals surface area contributed by atoms with E-state index in [-0.39, 0.29) is 29.4 Å². The van der Waals surface area contributed by atoms with Crippen LogP contribution in [-0.2, 0) is 10.2 Å². The molecule has 9 heteroatoms. The Morgan fingerprint density at radius 2 is 2.06 bits per heavy atom. The third-order valence-electron chi connectivity index (χ3n) is 5.98. The SMILES string of the molecule is COc1cc(C(=O)N2CC[C@]3(c4ccccn4)C[C@@H]3C2)ccc1OCCOC(F)(F)F. The highest BCUT2D eigenvalue weighted by atomic mass is 19.4. The summed E-state index contributed by atoms with van der Waals surface area (Å²) in [6, 6.07) is 10.6. The van der Waals surface area contributed by atoms with Crippen LogP contribution in [0.1, 0.15) is 28.9 Å². The number of fused-ring (bicyclic) bond motifs is 1. The second kappa shape index (κ2) is 8.37. The topological polar surface area (TPSA) is 60.9 Å². The third-order valence-corrected chi connectivity index (χ3v) is 5.98. The molecule has 1 aliphatic carbocycles. The molecule has 6 nitrogen and oxygen atoms in total. The van der Waals surface area contributed by atoms with Crippen molar-refractivity contribution in [3.63, 3.8) is 0 Å². The number of amides is 1. The number of carbonyl (C=O) groups excluding carboxylic acids is 1. The van der Waals surface area contributed by atoms with Gasteiger partial charge in [0, 0.05) is 36.0 Å². The minimum atomic E-state index is -4.70. The highest BCUT2D eigenvalue weighted by Gasteiger charge is 2.59. The smallest absolute Gasteiger partial charge is 0.493 e. The summed E-state index contributed by atoms with van der Waals surface area (Å²) in [5.41, 5.74) is 1.64. The fourth-order valence-electron chi connectivity index (χ4n) is 4.31. The molecule has 0 spiro atoms. The lowest BCUT2D eigenvalue weighted by Gasteiger charge is -2.31. The first-order chi connectivity index (χ1) is 14.8. The normalized spacial score (nSPS) is 22.6. The van der Waals surface area contributed by atoms with Crippen LogP contribution in [0.2, 0.25) is 0 Å². The summed E-state index contributed by atoms with van der Waals surface area (Å²) in [4.78, 5) is 19.4. The molecular weight excluding hydrogens is 413 g/mol. The largest absolute Gasteiger partial charge is 0.522 e. The van der Waals surface area contributed by atoms with Crippen LogP contribution in [0, 0.1) is 5.92 Å². The van der Waals surface area contributed by atoms with E-state index in [1.807, 2.05) is 23.2 Å². The number of hydrogen-bond donors (Lipinski definition) is 0. The van der Waals surface area contributed by atoms with E-state index >= 15 is 0 Å². The molecule has 0 N–H and O–H groups in total. The molecule has 0 unspecified atom stereocenters. The quantitative estimate of drug-likeness (QED) is 0.618. The first kappa shape index (κ1) is 21.4. The van der Waals surface area contributed by atoms with Crippen LogP contribution in [0.15, 0.2) is 42.6 Å². The molecule has 1 aliphatic heterocycles. The van der Waals surface area contributed by atoms with E-state index in [1.165, 1.54) is 13.2 Å². The Morgan fingerprint density at radius 3 is 2.74 bits per heavy atom. The third kappa shape index (κ3) is 4.61. The molecule has 2 fully saturated rings. The fraction of sp³-hybridized carbons (Fsp3) is 0.455. The van der Waals surface area contributed by atoms with Crippen LogP contribution in [0.25, 0.3) is 0 Å². The Morgan fingerprint density at radius 1 is 1.23 bits per heavy atom. The van der Waals surface area contributed by atoms with E-state index in [2.05, 4.69) is 15.8 Å². The summed E-state index contributed by atoms with van der Waals surface area (Å²) in [6.45, 7) is 0.374. The standard InChI is InChI=1S/C22H23F3N2O4/c1-29-18-12-15(5-6-17(18)30-10-11-31-22(23,24)25)20(28)27-9-7-21(13-16(21)14-27)19-4-2-3-8-26-19/h2-6,8,12,16H,7,9-11,13-14H2,1H3/t16-,21+/m1/s1. The maximum Gasteiger partial charge on any atom is 0.522 e. The van der Waals surface area contributed by atoms with Crippen molar-refractivity contribution in [1.82, 2.24) is 9.88 Å². The van der Waals surface area contributed by atoms with Gasteiger partial charge < -0.3 is 14.4 Å². The van der Waals surface area contributed by atoms with Crippen molar-refractivity contribution in [2.45, 2.75) is 24.6 Å². The van der Waals surface area contributed by atoms with Crippen molar-refractivity contribution >= 4 is 5.91 Å². The van der Waals surface area contributed by atoms with E-state index in [0.717, 1.165) is 18.5 Å². The molecule has 2 aromatic rings. The van der Waals surface area contributed by atoms with Crippen LogP contribution in [0.3, 0.4) is 0 Å². The molecule has 2 atom stereocenters. The van der Waals surface area contributed by atoms with E-state index < -0.39 is 13.0 Å². The van der Waals surface area contributed by atoms with Crippen LogP contribution < -0.4 is 9.47 Å². The molecule has 1 saturated carbocycles. The van der Waals surface area contributed by atoms with Gasteiger partial charge in [-0.25, -0.2) is 0 Å². The minimum absolute atomic E-state index is 0.0892. The van der Waals surface area contributed by atoms with Gasteiger partial charge in [-0.15, -0.1) is 13.2 Å². The van der Waals surface area contributed by atoms with E-state index in [9.17, 15) is 18.0 Å². The maximum atomic E-state index is 13.0. The monoisotopic (exact) mass is 436 g/mol. The first-order valence-electron chi connectivity index (χ1n) is 10.0. The number of benzene rings is 1. The Balaban J connectivity index is 1.37. The average molecular weight is 436 g/mol. The van der Waals surface area contributed by atoms with Crippen molar-refractivity contribution in [1.29, 1.82) is 0 Å². The Kier molecular flexibility index (Phi) is 5.79. The second-order valence-corrected chi connectivity index (χ2v) is 7.78. The van der Waals surface area contributed by atoms with Gasteiger partial charge in [-0.1, -0.05) is 6.07 Å². The zero-order valence-corrected chi connectivity index (χ0v) is 17.0. The summed E-state index contributed by atoms with van der Waals surface area (Å²) in [6.07, 6.45) is -0.988. The summed E-state index contributed by atoms with van der Waals surface area (Å²) in [5, 5.41) is 0. The average Bonchev–Trinajstić information content (AvgIpc) is 3.51. The molecule has 2 heterocycles. The zero-order chi connectivity index (χ0) is 22.1. The van der Waals surface area contributed by atoms with Crippen molar-refractivity contribution in [2.24, 2.45) is 5.92 Å². The number of piperidine rings is 1. The number of halogens is 3. The van der Waals surface area contributed by atoms with Crippen molar-refractivity contribution in [2.75, 3.05) is 33.4 Å². The number of methoxy groups -OCH3 is 1. The van der Waals surface area contributed by atoms with E-state index in [4.69, 9.17) is 9.47 Å². The van der Waals surface area contributed by atoms with Gasteiger partial charge in [0.25, 0.3) is 5.91 Å². The van der Waals surface area contributed by atoms with Gasteiger partial charge >= 0.3 is 6.36 Å². The fourth-order valence-corrected chi connectivity index (χ4v) is 4.31. The predicted molar refractivity (Wildman–Crippen MR) is 105 cm³/mol. The summed E-state index contributed by atoms with van der Waals surface area (Å²) in [5.74, 6) is 0.828. The number of rotatable bonds is 7. The number of hydrogen-bond acceptors (Lipinski definition) is 5. The van der Waals surface area contributed by atoms with Gasteiger partial charge in [0.15, 0.2) is 11.5 Å². The predicted octanol–water partition coefficient (Wildman–Crippen LogP) is 3.81. The number of pyridine rings is 1. The molecule has 0 radical (unpaired) electrons. The van der Waals surface area contributed by atoms with Crippen LogP contribution in [0.5, 0.6) is 11.5 Å². The lowest BCUT2D eigenvalue weighted by molar-refractivity contribution is -0.325. The molecule has 1 aromatic carbocycles. The molecule has 4 rings (SSSR count). The van der Waals surface area contributed by atoms with Crippen LogP contribution in [-0.4, -0.2) is 55.6 Å². The molecule has 1 amide bonds. The highest BCUT2D eigenvalue weighted by Crippen LogP contribution is 2.58. The number of carbonyl (C=O) groups is 1.